The Labute approximate surface area is 207 Å². The van der Waals surface area contributed by atoms with E-state index in [1.165, 1.54) is 16.7 Å². The van der Waals surface area contributed by atoms with E-state index in [0.717, 1.165) is 60.5 Å². The third kappa shape index (κ3) is 6.42. The molecule has 1 atom stereocenters. The van der Waals surface area contributed by atoms with Crippen LogP contribution in [0.5, 0.6) is 0 Å². The summed E-state index contributed by atoms with van der Waals surface area (Å²) in [6.07, 6.45) is 4.27. The van der Waals surface area contributed by atoms with Crippen LogP contribution in [0, 0.1) is 17.2 Å². The van der Waals surface area contributed by atoms with Crippen LogP contribution in [0.4, 0.5) is 0 Å². The van der Waals surface area contributed by atoms with Crippen molar-refractivity contribution in [3.8, 4) is 6.07 Å². The molecule has 34 heavy (non-hydrogen) atoms. The van der Waals surface area contributed by atoms with Crippen LogP contribution in [0.25, 0.3) is 0 Å². The maximum atomic E-state index is 9.60. The lowest BCUT2D eigenvalue weighted by atomic mass is 9.95. The summed E-state index contributed by atoms with van der Waals surface area (Å²) in [5.41, 5.74) is 7.78. The lowest BCUT2D eigenvalue weighted by Gasteiger charge is -2.14. The first-order valence-electron chi connectivity index (χ1n) is 13.1. The van der Waals surface area contributed by atoms with Gasteiger partial charge in [-0.3, -0.25) is 4.99 Å². The number of aliphatic imine (C=N–C) groups is 2. The van der Waals surface area contributed by atoms with Crippen molar-refractivity contribution in [3.05, 3.63) is 69.8 Å². The van der Waals surface area contributed by atoms with Crippen LogP contribution in [0.2, 0.25) is 0 Å². The van der Waals surface area contributed by atoms with Gasteiger partial charge in [-0.15, -0.1) is 0 Å². The average molecular weight is 459 g/mol. The number of hydrogen-bond acceptors (Lipinski definition) is 4. The minimum atomic E-state index is 0.442. The van der Waals surface area contributed by atoms with Crippen molar-refractivity contribution >= 4 is 11.5 Å². The topological polar surface area (TPSA) is 60.5 Å². The predicted molar refractivity (Wildman–Crippen MR) is 146 cm³/mol. The number of amidine groups is 1. The van der Waals surface area contributed by atoms with Gasteiger partial charge in [0, 0.05) is 11.6 Å². The molecule has 1 N–H and O–H groups in total. The Morgan fingerprint density at radius 3 is 2.56 bits per heavy atom. The van der Waals surface area contributed by atoms with E-state index in [-0.39, 0.29) is 0 Å². The van der Waals surface area contributed by atoms with Gasteiger partial charge in [0.25, 0.3) is 0 Å². The van der Waals surface area contributed by atoms with E-state index in [1.54, 1.807) is 0 Å². The minimum Gasteiger partial charge on any atom is -0.310 e. The average Bonchev–Trinajstić information content (AvgIpc) is 3.53. The van der Waals surface area contributed by atoms with Gasteiger partial charge in [0.1, 0.15) is 0 Å². The number of nitriles is 1. The Balaban J connectivity index is 0.000000970. The molecule has 4 nitrogen and oxygen atoms in total. The highest BCUT2D eigenvalue weighted by molar-refractivity contribution is 6.17. The molecule has 0 bridgehead atoms. The van der Waals surface area contributed by atoms with Crippen molar-refractivity contribution in [1.82, 2.24) is 5.32 Å². The predicted octanol–water partition coefficient (Wildman–Crippen LogP) is 7.05. The smallest absolute Gasteiger partial charge is 0.155 e. The van der Waals surface area contributed by atoms with Crippen molar-refractivity contribution in [2.45, 2.75) is 80.2 Å². The molecule has 0 fully saturated rings. The summed E-state index contributed by atoms with van der Waals surface area (Å²) in [5.74, 6) is 1.36. The van der Waals surface area contributed by atoms with E-state index in [2.05, 4.69) is 62.5 Å². The lowest BCUT2D eigenvalue weighted by Crippen LogP contribution is -2.19. The van der Waals surface area contributed by atoms with Crippen molar-refractivity contribution in [3.63, 3.8) is 0 Å². The van der Waals surface area contributed by atoms with Crippen LogP contribution in [0.3, 0.4) is 0 Å². The lowest BCUT2D eigenvalue weighted by molar-refractivity contribution is 0.529. The molecule has 0 saturated heterocycles. The van der Waals surface area contributed by atoms with E-state index >= 15 is 0 Å². The Kier molecular flexibility index (Phi) is 11.2. The molecule has 1 aliphatic carbocycles. The zero-order valence-electron chi connectivity index (χ0n) is 22.2. The van der Waals surface area contributed by atoms with Gasteiger partial charge >= 0.3 is 0 Å². The number of benzene rings is 2. The highest BCUT2D eigenvalue weighted by atomic mass is 15.0. The van der Waals surface area contributed by atoms with Gasteiger partial charge in [0.2, 0.25) is 0 Å². The van der Waals surface area contributed by atoms with E-state index in [9.17, 15) is 5.26 Å². The van der Waals surface area contributed by atoms with Crippen molar-refractivity contribution in [1.29, 1.82) is 5.26 Å². The van der Waals surface area contributed by atoms with Gasteiger partial charge in [-0.05, 0) is 66.5 Å². The molecule has 2 aliphatic rings. The third-order valence-electron chi connectivity index (χ3n) is 5.96. The zero-order valence-corrected chi connectivity index (χ0v) is 22.2. The summed E-state index contributed by atoms with van der Waals surface area (Å²) < 4.78 is 0. The minimum absolute atomic E-state index is 0.442. The third-order valence-corrected chi connectivity index (χ3v) is 5.96. The number of rotatable bonds is 7. The molecule has 1 aliphatic heterocycles. The van der Waals surface area contributed by atoms with Crippen LogP contribution in [-0.2, 0) is 12.8 Å². The standard InChI is InChI=1S/C26H30N4.2C2H6/c1-4-12-28-24-11-10-21-22(24)6-5-7-23(21)26-29-16-25(30-26)19-9-8-18(13-17(2)3)20(14-19)15-27;2*1-2/h5-9,14,17,24,28H,4,10-13,16H2,1-3H3;2*1-2H3. The second-order valence-corrected chi connectivity index (χ2v) is 8.70. The van der Waals surface area contributed by atoms with Crippen molar-refractivity contribution in [2.75, 3.05) is 13.1 Å². The van der Waals surface area contributed by atoms with Crippen LogP contribution < -0.4 is 5.32 Å². The summed E-state index contributed by atoms with van der Waals surface area (Å²) >= 11 is 0. The monoisotopic (exact) mass is 458 g/mol. The molecular formula is C30H42N4. The van der Waals surface area contributed by atoms with E-state index in [0.29, 0.717) is 18.5 Å². The Bertz CT molecular complexity index is 1040. The van der Waals surface area contributed by atoms with Crippen molar-refractivity contribution in [2.24, 2.45) is 15.9 Å². The Morgan fingerprint density at radius 2 is 1.88 bits per heavy atom. The summed E-state index contributed by atoms with van der Waals surface area (Å²) in [5, 5.41) is 13.3. The van der Waals surface area contributed by atoms with E-state index < -0.39 is 0 Å². The molecule has 2 aromatic rings. The van der Waals surface area contributed by atoms with Gasteiger partial charge in [0.15, 0.2) is 5.84 Å². The summed E-state index contributed by atoms with van der Waals surface area (Å²) in [6.45, 7) is 16.2. The Hall–Kier alpha value is -2.77. The molecule has 0 aromatic heterocycles. The normalized spacial score (nSPS) is 15.9. The van der Waals surface area contributed by atoms with E-state index in [4.69, 9.17) is 9.98 Å². The Morgan fingerprint density at radius 1 is 1.12 bits per heavy atom. The molecular weight excluding hydrogens is 416 g/mol. The number of fused-ring (bicyclic) bond motifs is 1. The molecule has 1 heterocycles. The molecule has 0 spiro atoms. The highest BCUT2D eigenvalue weighted by Gasteiger charge is 2.26. The molecule has 0 saturated carbocycles. The van der Waals surface area contributed by atoms with Crippen molar-refractivity contribution < 1.29 is 0 Å². The van der Waals surface area contributed by atoms with Gasteiger partial charge in [-0.2, -0.15) is 5.26 Å². The zero-order chi connectivity index (χ0) is 25.1. The fraction of sp³-hybridized carbons (Fsp3) is 0.500. The quantitative estimate of drug-likeness (QED) is 0.483. The first-order valence-corrected chi connectivity index (χ1v) is 13.1. The molecule has 4 heteroatoms. The van der Waals surface area contributed by atoms with Crippen LogP contribution in [0.15, 0.2) is 46.4 Å². The van der Waals surface area contributed by atoms with Crippen LogP contribution >= 0.6 is 0 Å². The maximum Gasteiger partial charge on any atom is 0.155 e. The first kappa shape index (κ1) is 27.5. The van der Waals surface area contributed by atoms with Crippen LogP contribution in [-0.4, -0.2) is 24.6 Å². The number of hydrogen-bond donors (Lipinski definition) is 1. The highest BCUT2D eigenvalue weighted by Crippen LogP contribution is 2.34. The maximum absolute atomic E-state index is 9.60. The second kappa shape index (κ2) is 13.8. The molecule has 0 amide bonds. The van der Waals surface area contributed by atoms with Gasteiger partial charge in [0.05, 0.1) is 23.9 Å². The molecule has 2 aromatic carbocycles. The fourth-order valence-electron chi connectivity index (χ4n) is 4.52. The molecule has 1 unspecified atom stereocenters. The number of nitrogens with one attached hydrogen (secondary N) is 1. The van der Waals surface area contributed by atoms with Gasteiger partial charge < -0.3 is 5.32 Å². The fourth-order valence-corrected chi connectivity index (χ4v) is 4.52. The summed E-state index contributed by atoms with van der Waals surface area (Å²) in [4.78, 5) is 9.66. The SMILES string of the molecule is CC.CC.CCCNC1CCc2c(C3=NCC(c4ccc(CC(C)C)c(C#N)c4)=N3)cccc21. The summed E-state index contributed by atoms with van der Waals surface area (Å²) in [7, 11) is 0. The van der Waals surface area contributed by atoms with Gasteiger partial charge in [-0.25, -0.2) is 4.99 Å². The number of nitrogens with zero attached hydrogens (tertiary/aromatic N) is 3. The second-order valence-electron chi connectivity index (χ2n) is 8.70. The largest absolute Gasteiger partial charge is 0.310 e. The first-order chi connectivity index (χ1) is 16.6. The molecule has 182 valence electrons. The van der Waals surface area contributed by atoms with Crippen LogP contribution in [0.1, 0.15) is 101 Å². The molecule has 0 radical (unpaired) electrons. The van der Waals surface area contributed by atoms with Gasteiger partial charge in [-0.1, -0.05) is 78.8 Å². The molecule has 4 rings (SSSR count). The summed E-state index contributed by atoms with van der Waals surface area (Å²) in [6, 6.07) is 15.5. The van der Waals surface area contributed by atoms with E-state index in [1.807, 2.05) is 33.8 Å².